The van der Waals surface area contributed by atoms with Crippen LogP contribution in [0.2, 0.25) is 0 Å². The minimum Gasteiger partial charge on any atom is -0.481 e. The molecule has 5 heteroatoms. The topological polar surface area (TPSA) is 78.4 Å². The Labute approximate surface area is 96.6 Å². The van der Waals surface area contributed by atoms with Crippen LogP contribution < -0.4 is 10.6 Å². The van der Waals surface area contributed by atoms with Crippen molar-refractivity contribution in [2.24, 2.45) is 11.8 Å². The minimum absolute atomic E-state index is 0.169. The normalized spacial score (nSPS) is 14.6. The maximum Gasteiger partial charge on any atom is 0.308 e. The first-order chi connectivity index (χ1) is 7.38. The highest BCUT2D eigenvalue weighted by atomic mass is 16.4. The molecule has 5 nitrogen and oxygen atoms in total. The summed E-state index contributed by atoms with van der Waals surface area (Å²) in [4.78, 5) is 22.3. The van der Waals surface area contributed by atoms with E-state index in [1.807, 2.05) is 13.8 Å². The van der Waals surface area contributed by atoms with E-state index in [1.165, 1.54) is 0 Å². The number of aliphatic carboxylic acids is 1. The molecular weight excluding hydrogens is 208 g/mol. The van der Waals surface area contributed by atoms with Crippen molar-refractivity contribution in [1.29, 1.82) is 0 Å². The van der Waals surface area contributed by atoms with E-state index in [1.54, 1.807) is 14.0 Å². The average molecular weight is 230 g/mol. The van der Waals surface area contributed by atoms with Crippen molar-refractivity contribution in [3.05, 3.63) is 0 Å². The van der Waals surface area contributed by atoms with Crippen molar-refractivity contribution >= 4 is 11.9 Å². The van der Waals surface area contributed by atoms with Gasteiger partial charge in [-0.15, -0.1) is 0 Å². The van der Waals surface area contributed by atoms with Crippen LogP contribution in [0.1, 0.15) is 27.2 Å². The fourth-order valence-electron chi connectivity index (χ4n) is 1.35. The fraction of sp³-hybridized carbons (Fsp3) is 0.818. The second-order valence-electron chi connectivity index (χ2n) is 4.42. The second kappa shape index (κ2) is 7.22. The van der Waals surface area contributed by atoms with E-state index in [2.05, 4.69) is 10.6 Å². The largest absolute Gasteiger partial charge is 0.481 e. The van der Waals surface area contributed by atoms with Gasteiger partial charge in [0.25, 0.3) is 0 Å². The highest BCUT2D eigenvalue weighted by molar-refractivity contribution is 5.81. The number of likely N-dealkylation sites (N-methyl/N-ethyl adjacent to an activating group) is 1. The maximum absolute atomic E-state index is 11.4. The Morgan fingerprint density at radius 2 is 1.81 bits per heavy atom. The van der Waals surface area contributed by atoms with E-state index in [-0.39, 0.29) is 18.5 Å². The number of carbonyl (C=O) groups excluding carboxylic acids is 1. The van der Waals surface area contributed by atoms with Crippen LogP contribution >= 0.6 is 0 Å². The summed E-state index contributed by atoms with van der Waals surface area (Å²) in [5.74, 6) is -1.23. The van der Waals surface area contributed by atoms with Crippen molar-refractivity contribution < 1.29 is 14.7 Å². The smallest absolute Gasteiger partial charge is 0.308 e. The zero-order valence-electron chi connectivity index (χ0n) is 10.4. The molecule has 0 saturated heterocycles. The molecule has 0 rings (SSSR count). The fourth-order valence-corrected chi connectivity index (χ4v) is 1.35. The Hall–Kier alpha value is -1.10. The van der Waals surface area contributed by atoms with Crippen molar-refractivity contribution in [1.82, 2.24) is 10.6 Å². The molecule has 0 radical (unpaired) electrons. The molecule has 1 amide bonds. The van der Waals surface area contributed by atoms with Gasteiger partial charge in [-0.2, -0.15) is 0 Å². The van der Waals surface area contributed by atoms with Crippen molar-refractivity contribution in [2.45, 2.75) is 33.2 Å². The molecule has 0 aromatic carbocycles. The van der Waals surface area contributed by atoms with Crippen LogP contribution in [0, 0.1) is 11.8 Å². The highest BCUT2D eigenvalue weighted by Gasteiger charge is 2.20. The van der Waals surface area contributed by atoms with E-state index in [0.717, 1.165) is 0 Å². The summed E-state index contributed by atoms with van der Waals surface area (Å²) < 4.78 is 0. The van der Waals surface area contributed by atoms with Gasteiger partial charge >= 0.3 is 5.97 Å². The molecule has 0 saturated carbocycles. The monoisotopic (exact) mass is 230 g/mol. The molecule has 94 valence electrons. The molecule has 2 atom stereocenters. The third kappa shape index (κ3) is 5.70. The molecule has 3 N–H and O–H groups in total. The molecule has 0 aliphatic carbocycles. The summed E-state index contributed by atoms with van der Waals surface area (Å²) in [7, 11) is 1.69. The summed E-state index contributed by atoms with van der Waals surface area (Å²) >= 11 is 0. The van der Waals surface area contributed by atoms with Gasteiger partial charge in [0.15, 0.2) is 0 Å². The minimum atomic E-state index is -0.855. The molecule has 0 spiro atoms. The number of rotatable bonds is 7. The van der Waals surface area contributed by atoms with Gasteiger partial charge in [-0.3, -0.25) is 9.59 Å². The lowest BCUT2D eigenvalue weighted by atomic mass is 9.97. The Morgan fingerprint density at radius 3 is 2.19 bits per heavy atom. The van der Waals surface area contributed by atoms with Crippen LogP contribution in [0.4, 0.5) is 0 Å². The van der Waals surface area contributed by atoms with Crippen molar-refractivity contribution in [3.63, 3.8) is 0 Å². The standard InChI is InChI=1S/C11H22N2O3/c1-7(2)5-9(11(15)16)6-13-10(14)8(3)12-4/h7-9,12H,5-6H2,1-4H3,(H,13,14)(H,15,16). The van der Waals surface area contributed by atoms with Gasteiger partial charge in [-0.25, -0.2) is 0 Å². The third-order valence-electron chi connectivity index (χ3n) is 2.45. The zero-order chi connectivity index (χ0) is 12.7. The van der Waals surface area contributed by atoms with Crippen LogP contribution in [-0.2, 0) is 9.59 Å². The zero-order valence-corrected chi connectivity index (χ0v) is 10.4. The number of amides is 1. The van der Waals surface area contributed by atoms with Gasteiger partial charge in [-0.1, -0.05) is 13.8 Å². The lowest BCUT2D eigenvalue weighted by Gasteiger charge is -2.17. The SMILES string of the molecule is CNC(C)C(=O)NCC(CC(C)C)C(=O)O. The van der Waals surface area contributed by atoms with Crippen LogP contribution in [-0.4, -0.2) is 36.6 Å². The lowest BCUT2D eigenvalue weighted by molar-refractivity contribution is -0.142. The van der Waals surface area contributed by atoms with Crippen LogP contribution in [0.15, 0.2) is 0 Å². The molecule has 0 aliphatic heterocycles. The number of carboxylic acid groups (broad SMARTS) is 1. The summed E-state index contributed by atoms with van der Waals surface area (Å²) in [6, 6.07) is -0.298. The Kier molecular flexibility index (Phi) is 6.72. The van der Waals surface area contributed by atoms with Crippen molar-refractivity contribution in [3.8, 4) is 0 Å². The van der Waals surface area contributed by atoms with E-state index in [9.17, 15) is 9.59 Å². The number of nitrogens with one attached hydrogen (secondary N) is 2. The molecule has 16 heavy (non-hydrogen) atoms. The molecule has 0 fully saturated rings. The van der Waals surface area contributed by atoms with Gasteiger partial charge in [0.05, 0.1) is 12.0 Å². The average Bonchev–Trinajstić information content (AvgIpc) is 2.21. The van der Waals surface area contributed by atoms with E-state index >= 15 is 0 Å². The van der Waals surface area contributed by atoms with E-state index in [4.69, 9.17) is 5.11 Å². The Balaban J connectivity index is 4.12. The summed E-state index contributed by atoms with van der Waals surface area (Å²) in [5.41, 5.74) is 0. The number of hydrogen-bond acceptors (Lipinski definition) is 3. The summed E-state index contributed by atoms with van der Waals surface area (Å²) in [6.45, 7) is 5.86. The van der Waals surface area contributed by atoms with E-state index in [0.29, 0.717) is 12.3 Å². The molecule has 2 unspecified atom stereocenters. The summed E-state index contributed by atoms with van der Waals surface area (Å²) in [5, 5.41) is 14.4. The van der Waals surface area contributed by atoms with Gasteiger partial charge in [0.2, 0.25) is 5.91 Å². The number of carbonyl (C=O) groups is 2. The Bertz CT molecular complexity index is 241. The Morgan fingerprint density at radius 1 is 1.25 bits per heavy atom. The number of carboxylic acids is 1. The van der Waals surface area contributed by atoms with Crippen molar-refractivity contribution in [2.75, 3.05) is 13.6 Å². The maximum atomic E-state index is 11.4. The van der Waals surface area contributed by atoms with Gasteiger partial charge in [0.1, 0.15) is 0 Å². The third-order valence-corrected chi connectivity index (χ3v) is 2.45. The van der Waals surface area contributed by atoms with Crippen LogP contribution in [0.25, 0.3) is 0 Å². The van der Waals surface area contributed by atoms with Gasteiger partial charge in [0, 0.05) is 6.54 Å². The van der Waals surface area contributed by atoms with Crippen LogP contribution in [0.5, 0.6) is 0 Å². The van der Waals surface area contributed by atoms with Gasteiger partial charge < -0.3 is 15.7 Å². The quantitative estimate of drug-likeness (QED) is 0.593. The molecule has 0 heterocycles. The van der Waals surface area contributed by atoms with Crippen LogP contribution in [0.3, 0.4) is 0 Å². The molecule has 0 aromatic rings. The lowest BCUT2D eigenvalue weighted by Crippen LogP contribution is -2.43. The molecule has 0 aliphatic rings. The van der Waals surface area contributed by atoms with E-state index < -0.39 is 11.9 Å². The molecule has 0 bridgehead atoms. The predicted octanol–water partition coefficient (Wildman–Crippen LogP) is 0.457. The summed E-state index contributed by atoms with van der Waals surface area (Å²) in [6.07, 6.45) is 0.573. The first-order valence-electron chi connectivity index (χ1n) is 5.56. The highest BCUT2D eigenvalue weighted by Crippen LogP contribution is 2.11. The first kappa shape index (κ1) is 14.9. The first-order valence-corrected chi connectivity index (χ1v) is 5.56. The second-order valence-corrected chi connectivity index (χ2v) is 4.42. The van der Waals surface area contributed by atoms with Gasteiger partial charge in [-0.05, 0) is 26.3 Å². The number of hydrogen-bond donors (Lipinski definition) is 3. The predicted molar refractivity (Wildman–Crippen MR) is 62.1 cm³/mol. The molecular formula is C11H22N2O3. The molecule has 0 aromatic heterocycles.